The topological polar surface area (TPSA) is 29.5 Å². The molecule has 3 rings (SSSR count). The Morgan fingerprint density at radius 1 is 0.913 bits per heavy atom. The number of aldehydes is 1. The fourth-order valence-corrected chi connectivity index (χ4v) is 2.50. The summed E-state index contributed by atoms with van der Waals surface area (Å²) in [5.41, 5.74) is 3.87. The van der Waals surface area contributed by atoms with Crippen molar-refractivity contribution in [3.63, 3.8) is 0 Å². The normalized spacial score (nSPS) is 14.8. The van der Waals surface area contributed by atoms with Crippen LogP contribution in [0.4, 0.5) is 0 Å². The Kier molecular flexibility index (Phi) is 5.21. The van der Waals surface area contributed by atoms with Gasteiger partial charge >= 0.3 is 0 Å². The maximum Gasteiger partial charge on any atom is 0.150 e. The number of carbonyl (C=O) groups excluding carboxylic acids is 1. The molecular weight excluding hydrogens is 286 g/mol. The lowest BCUT2D eigenvalue weighted by Crippen LogP contribution is -2.35. The van der Waals surface area contributed by atoms with Gasteiger partial charge in [0.15, 0.2) is 0 Å². The Morgan fingerprint density at radius 3 is 2.04 bits per heavy atom. The van der Waals surface area contributed by atoms with Gasteiger partial charge < -0.3 is 4.74 Å². The van der Waals surface area contributed by atoms with Gasteiger partial charge in [0.2, 0.25) is 0 Å². The van der Waals surface area contributed by atoms with Gasteiger partial charge in [-0.05, 0) is 29.8 Å². The number of benzene rings is 2. The van der Waals surface area contributed by atoms with E-state index < -0.39 is 0 Å². The minimum Gasteiger partial charge on any atom is -0.379 e. The largest absolute Gasteiger partial charge is 0.379 e. The van der Waals surface area contributed by atoms with Crippen molar-refractivity contribution < 1.29 is 9.53 Å². The van der Waals surface area contributed by atoms with Gasteiger partial charge in [-0.1, -0.05) is 36.1 Å². The first kappa shape index (κ1) is 15.5. The quantitative estimate of drug-likeness (QED) is 0.645. The number of hydrogen-bond donors (Lipinski definition) is 0. The number of morpholine rings is 1. The van der Waals surface area contributed by atoms with Crippen LogP contribution in [0.5, 0.6) is 0 Å². The van der Waals surface area contributed by atoms with E-state index in [2.05, 4.69) is 41.0 Å². The lowest BCUT2D eigenvalue weighted by molar-refractivity contribution is 0.0342. The lowest BCUT2D eigenvalue weighted by Gasteiger charge is -2.26. The Morgan fingerprint density at radius 2 is 1.48 bits per heavy atom. The number of carbonyl (C=O) groups is 1. The summed E-state index contributed by atoms with van der Waals surface area (Å²) in [6.45, 7) is 4.61. The monoisotopic (exact) mass is 305 g/mol. The molecule has 0 spiro atoms. The number of nitrogens with zero attached hydrogens (tertiary/aromatic N) is 1. The molecule has 0 atom stereocenters. The summed E-state index contributed by atoms with van der Waals surface area (Å²) in [6.07, 6.45) is 0.838. The van der Waals surface area contributed by atoms with Crippen molar-refractivity contribution in [3.05, 3.63) is 70.8 Å². The number of rotatable bonds is 3. The Bertz CT molecular complexity index is 702. The second kappa shape index (κ2) is 7.73. The molecule has 0 N–H and O–H groups in total. The second-order valence-corrected chi connectivity index (χ2v) is 5.58. The molecule has 0 aromatic heterocycles. The lowest BCUT2D eigenvalue weighted by atomic mass is 10.1. The maximum absolute atomic E-state index is 10.6. The smallest absolute Gasteiger partial charge is 0.150 e. The molecule has 1 heterocycles. The highest BCUT2D eigenvalue weighted by Gasteiger charge is 2.10. The molecule has 3 heteroatoms. The van der Waals surface area contributed by atoms with E-state index in [0.717, 1.165) is 50.3 Å². The van der Waals surface area contributed by atoms with Crippen LogP contribution in [0.2, 0.25) is 0 Å². The van der Waals surface area contributed by atoms with Gasteiger partial charge in [0.25, 0.3) is 0 Å². The van der Waals surface area contributed by atoms with Crippen LogP contribution < -0.4 is 0 Å². The van der Waals surface area contributed by atoms with E-state index in [9.17, 15) is 4.79 Å². The van der Waals surface area contributed by atoms with E-state index in [-0.39, 0.29) is 0 Å². The zero-order valence-electron chi connectivity index (χ0n) is 13.0. The van der Waals surface area contributed by atoms with Gasteiger partial charge in [-0.25, -0.2) is 0 Å². The Labute approximate surface area is 136 Å². The van der Waals surface area contributed by atoms with Crippen molar-refractivity contribution in [1.29, 1.82) is 0 Å². The fourth-order valence-electron chi connectivity index (χ4n) is 2.50. The Hall–Kier alpha value is -2.41. The molecule has 23 heavy (non-hydrogen) atoms. The summed E-state index contributed by atoms with van der Waals surface area (Å²) in [7, 11) is 0. The first-order valence-electron chi connectivity index (χ1n) is 7.80. The van der Waals surface area contributed by atoms with Crippen molar-refractivity contribution >= 4 is 6.29 Å². The molecule has 0 amide bonds. The summed E-state index contributed by atoms with van der Waals surface area (Å²) >= 11 is 0. The summed E-state index contributed by atoms with van der Waals surface area (Å²) in [6, 6.07) is 15.7. The van der Waals surface area contributed by atoms with Crippen molar-refractivity contribution in [2.45, 2.75) is 6.54 Å². The summed E-state index contributed by atoms with van der Waals surface area (Å²) in [5.74, 6) is 6.28. The molecule has 1 saturated heterocycles. The molecule has 2 aromatic rings. The van der Waals surface area contributed by atoms with Gasteiger partial charge in [0.1, 0.15) is 6.29 Å². The van der Waals surface area contributed by atoms with Crippen LogP contribution in [0.15, 0.2) is 48.5 Å². The molecule has 2 aromatic carbocycles. The third-order valence-corrected chi connectivity index (χ3v) is 3.86. The SMILES string of the molecule is O=Cc1ccc(C#Cc2ccc(CN3CCOCC3)cc2)cc1. The third-order valence-electron chi connectivity index (χ3n) is 3.86. The van der Waals surface area contributed by atoms with Crippen LogP contribution in [-0.4, -0.2) is 37.5 Å². The van der Waals surface area contributed by atoms with Crippen LogP contribution in [0.1, 0.15) is 27.0 Å². The van der Waals surface area contributed by atoms with Gasteiger partial charge in [0, 0.05) is 36.3 Å². The van der Waals surface area contributed by atoms with Crippen LogP contribution in [0.3, 0.4) is 0 Å². The van der Waals surface area contributed by atoms with E-state index in [4.69, 9.17) is 4.74 Å². The molecule has 3 nitrogen and oxygen atoms in total. The predicted molar refractivity (Wildman–Crippen MR) is 90.3 cm³/mol. The van der Waals surface area contributed by atoms with Gasteiger partial charge in [-0.3, -0.25) is 9.69 Å². The number of ether oxygens (including phenoxy) is 1. The molecule has 0 radical (unpaired) electrons. The fraction of sp³-hybridized carbons (Fsp3) is 0.250. The zero-order valence-corrected chi connectivity index (χ0v) is 13.0. The first-order chi connectivity index (χ1) is 11.3. The summed E-state index contributed by atoms with van der Waals surface area (Å²) in [4.78, 5) is 13.0. The van der Waals surface area contributed by atoms with E-state index in [1.54, 1.807) is 12.1 Å². The minimum absolute atomic E-state index is 0.669. The average Bonchev–Trinajstić information content (AvgIpc) is 2.62. The van der Waals surface area contributed by atoms with Crippen molar-refractivity contribution in [2.75, 3.05) is 26.3 Å². The highest BCUT2D eigenvalue weighted by molar-refractivity contribution is 5.74. The highest BCUT2D eigenvalue weighted by atomic mass is 16.5. The van der Waals surface area contributed by atoms with Crippen LogP contribution in [-0.2, 0) is 11.3 Å². The van der Waals surface area contributed by atoms with Crippen molar-refractivity contribution in [3.8, 4) is 11.8 Å². The molecule has 116 valence electrons. The Balaban J connectivity index is 1.62. The van der Waals surface area contributed by atoms with Gasteiger partial charge in [-0.2, -0.15) is 0 Å². The first-order valence-corrected chi connectivity index (χ1v) is 7.80. The highest BCUT2D eigenvalue weighted by Crippen LogP contribution is 2.09. The van der Waals surface area contributed by atoms with E-state index >= 15 is 0 Å². The molecule has 1 fully saturated rings. The summed E-state index contributed by atoms with van der Waals surface area (Å²) in [5, 5.41) is 0. The van der Waals surface area contributed by atoms with E-state index in [1.807, 2.05) is 12.1 Å². The second-order valence-electron chi connectivity index (χ2n) is 5.58. The standard InChI is InChI=1S/C20H19NO2/c22-16-20-9-5-18(6-10-20)2-1-17-3-7-19(8-4-17)15-21-11-13-23-14-12-21/h3-10,16H,11-15H2. The molecule has 1 aliphatic heterocycles. The predicted octanol–water partition coefficient (Wildman–Crippen LogP) is 2.73. The minimum atomic E-state index is 0.669. The third kappa shape index (κ3) is 4.53. The molecule has 0 unspecified atom stereocenters. The molecule has 0 bridgehead atoms. The summed E-state index contributed by atoms with van der Waals surface area (Å²) < 4.78 is 5.37. The van der Waals surface area contributed by atoms with Crippen LogP contribution in [0, 0.1) is 11.8 Å². The zero-order chi connectivity index (χ0) is 15.9. The van der Waals surface area contributed by atoms with Crippen LogP contribution >= 0.6 is 0 Å². The van der Waals surface area contributed by atoms with E-state index in [1.165, 1.54) is 5.56 Å². The molecule has 0 aliphatic carbocycles. The van der Waals surface area contributed by atoms with Gasteiger partial charge in [0.05, 0.1) is 13.2 Å². The van der Waals surface area contributed by atoms with Crippen molar-refractivity contribution in [2.24, 2.45) is 0 Å². The van der Waals surface area contributed by atoms with Crippen LogP contribution in [0.25, 0.3) is 0 Å². The average molecular weight is 305 g/mol. The molecule has 1 aliphatic rings. The molecular formula is C20H19NO2. The maximum atomic E-state index is 10.6. The van der Waals surface area contributed by atoms with Crippen molar-refractivity contribution in [1.82, 2.24) is 4.90 Å². The number of hydrogen-bond acceptors (Lipinski definition) is 3. The van der Waals surface area contributed by atoms with E-state index in [0.29, 0.717) is 5.56 Å². The van der Waals surface area contributed by atoms with Gasteiger partial charge in [-0.15, -0.1) is 0 Å². The molecule has 0 saturated carbocycles.